The Labute approximate surface area is 65.4 Å². The zero-order chi connectivity index (χ0) is 8.43. The summed E-state index contributed by atoms with van der Waals surface area (Å²) in [7, 11) is 0. The van der Waals surface area contributed by atoms with E-state index >= 15 is 0 Å². The van der Waals surface area contributed by atoms with Crippen molar-refractivity contribution in [2.45, 2.75) is 26.4 Å². The first kappa shape index (κ1) is 8.14. The molecule has 1 atom stereocenters. The van der Waals surface area contributed by atoms with Gasteiger partial charge in [0.15, 0.2) is 11.9 Å². The second-order valence-corrected chi connectivity index (χ2v) is 2.55. The second-order valence-electron chi connectivity index (χ2n) is 2.55. The van der Waals surface area contributed by atoms with Crippen molar-refractivity contribution in [1.82, 2.24) is 0 Å². The fourth-order valence-electron chi connectivity index (χ4n) is 0.945. The maximum Gasteiger partial charge on any atom is 0.194 e. The molecule has 0 saturated heterocycles. The summed E-state index contributed by atoms with van der Waals surface area (Å²) in [5.74, 6) is -0.208. The van der Waals surface area contributed by atoms with Crippen LogP contribution in [-0.2, 0) is 4.79 Å². The van der Waals surface area contributed by atoms with E-state index in [-0.39, 0.29) is 5.78 Å². The Balaban J connectivity index is 2.93. The number of hydrogen-bond donors (Lipinski definition) is 1. The summed E-state index contributed by atoms with van der Waals surface area (Å²) in [5.41, 5.74) is 1.08. The van der Waals surface area contributed by atoms with Crippen LogP contribution in [0.4, 0.5) is 0 Å². The molecular weight excluding hydrogens is 142 g/mol. The fraction of sp³-hybridized carbons (Fsp3) is 0.500. The molecular formula is C8H11NO2. The smallest absolute Gasteiger partial charge is 0.194 e. The highest BCUT2D eigenvalue weighted by molar-refractivity contribution is 6.15. The molecule has 0 saturated carbocycles. The average Bonchev–Trinajstić information content (AvgIpc) is 2.01. The number of carbonyl (C=O) groups is 1. The molecule has 1 unspecified atom stereocenters. The van der Waals surface area contributed by atoms with Gasteiger partial charge in [-0.25, -0.2) is 0 Å². The van der Waals surface area contributed by atoms with Gasteiger partial charge in [0.05, 0.1) is 5.71 Å². The number of carbonyl (C=O) groups excluding carboxylic acids is 1. The topological polar surface area (TPSA) is 49.7 Å². The Morgan fingerprint density at radius 2 is 2.36 bits per heavy atom. The van der Waals surface area contributed by atoms with Gasteiger partial charge in [-0.1, -0.05) is 6.92 Å². The van der Waals surface area contributed by atoms with E-state index in [4.69, 9.17) is 0 Å². The highest BCUT2D eigenvalue weighted by Gasteiger charge is 2.23. The molecule has 1 N–H and O–H groups in total. The summed E-state index contributed by atoms with van der Waals surface area (Å²) < 4.78 is 0. The molecule has 0 amide bonds. The third-order valence-corrected chi connectivity index (χ3v) is 1.77. The minimum atomic E-state index is -1.00. The van der Waals surface area contributed by atoms with E-state index in [0.29, 0.717) is 17.7 Å². The van der Waals surface area contributed by atoms with Crippen LogP contribution in [0.3, 0.4) is 0 Å². The lowest BCUT2D eigenvalue weighted by atomic mass is 10.0. The summed E-state index contributed by atoms with van der Waals surface area (Å²) in [6.07, 6.45) is 1.16. The molecule has 0 bridgehead atoms. The van der Waals surface area contributed by atoms with Crippen LogP contribution in [0.5, 0.6) is 0 Å². The van der Waals surface area contributed by atoms with E-state index < -0.39 is 6.10 Å². The number of rotatable bonds is 1. The molecule has 0 fully saturated rings. The minimum absolute atomic E-state index is 0.208. The van der Waals surface area contributed by atoms with E-state index in [9.17, 15) is 9.90 Å². The van der Waals surface area contributed by atoms with Crippen molar-refractivity contribution in [3.63, 3.8) is 0 Å². The van der Waals surface area contributed by atoms with Crippen molar-refractivity contribution in [3.8, 4) is 0 Å². The highest BCUT2D eigenvalue weighted by atomic mass is 16.3. The minimum Gasteiger partial charge on any atom is -0.379 e. The number of aliphatic hydroxyl groups is 1. The Morgan fingerprint density at radius 1 is 1.73 bits per heavy atom. The lowest BCUT2D eigenvalue weighted by Gasteiger charge is -2.14. The van der Waals surface area contributed by atoms with Crippen LogP contribution in [0.2, 0.25) is 0 Å². The Hall–Kier alpha value is -0.960. The van der Waals surface area contributed by atoms with Gasteiger partial charge in [-0.3, -0.25) is 9.79 Å². The first-order chi connectivity index (χ1) is 5.16. The van der Waals surface area contributed by atoms with E-state index in [2.05, 4.69) is 4.99 Å². The van der Waals surface area contributed by atoms with Crippen molar-refractivity contribution >= 4 is 11.5 Å². The summed E-state index contributed by atoms with van der Waals surface area (Å²) in [4.78, 5) is 15.1. The molecule has 0 aromatic heterocycles. The van der Waals surface area contributed by atoms with Gasteiger partial charge >= 0.3 is 0 Å². The standard InChI is InChI=1S/C8H11NO2/c1-3-6-4-9-5(2)7(10)8(6)11/h4,7,10H,3H2,1-2H3. The molecule has 3 heteroatoms. The molecule has 0 aliphatic carbocycles. The van der Waals surface area contributed by atoms with Crippen LogP contribution in [0.1, 0.15) is 20.3 Å². The summed E-state index contributed by atoms with van der Waals surface area (Å²) in [6, 6.07) is 0. The first-order valence-electron chi connectivity index (χ1n) is 3.62. The number of Topliss-reactive ketones (excluding diaryl/α,β-unsaturated/α-hetero) is 1. The number of aliphatic hydroxyl groups excluding tert-OH is 1. The molecule has 1 aliphatic heterocycles. The third kappa shape index (κ3) is 1.38. The predicted octanol–water partition coefficient (Wildman–Crippen LogP) is 0.685. The normalized spacial score (nSPS) is 24.6. The molecule has 1 rings (SSSR count). The van der Waals surface area contributed by atoms with Crippen LogP contribution in [-0.4, -0.2) is 22.7 Å². The van der Waals surface area contributed by atoms with E-state index in [0.717, 1.165) is 0 Å². The maximum atomic E-state index is 11.2. The third-order valence-electron chi connectivity index (χ3n) is 1.77. The van der Waals surface area contributed by atoms with Gasteiger partial charge in [0.1, 0.15) is 0 Å². The van der Waals surface area contributed by atoms with Crippen molar-refractivity contribution in [1.29, 1.82) is 0 Å². The van der Waals surface area contributed by atoms with Crippen molar-refractivity contribution < 1.29 is 9.90 Å². The zero-order valence-electron chi connectivity index (χ0n) is 6.66. The van der Waals surface area contributed by atoms with E-state index in [1.54, 1.807) is 6.92 Å². The predicted molar refractivity (Wildman–Crippen MR) is 42.5 cm³/mol. The van der Waals surface area contributed by atoms with Crippen molar-refractivity contribution in [2.75, 3.05) is 0 Å². The molecule has 11 heavy (non-hydrogen) atoms. The molecule has 60 valence electrons. The maximum absolute atomic E-state index is 11.2. The largest absolute Gasteiger partial charge is 0.379 e. The molecule has 3 nitrogen and oxygen atoms in total. The fourth-order valence-corrected chi connectivity index (χ4v) is 0.945. The molecule has 1 aliphatic rings. The van der Waals surface area contributed by atoms with Gasteiger partial charge in [0, 0.05) is 11.8 Å². The molecule has 0 radical (unpaired) electrons. The van der Waals surface area contributed by atoms with Gasteiger partial charge < -0.3 is 5.11 Å². The van der Waals surface area contributed by atoms with E-state index in [1.165, 1.54) is 6.20 Å². The summed E-state index contributed by atoms with van der Waals surface area (Å²) >= 11 is 0. The lowest BCUT2D eigenvalue weighted by Crippen LogP contribution is -2.31. The van der Waals surface area contributed by atoms with Crippen LogP contribution in [0.25, 0.3) is 0 Å². The Kier molecular flexibility index (Phi) is 2.19. The van der Waals surface area contributed by atoms with Crippen LogP contribution >= 0.6 is 0 Å². The number of nitrogens with zero attached hydrogens (tertiary/aromatic N) is 1. The first-order valence-corrected chi connectivity index (χ1v) is 3.62. The number of hydrogen-bond acceptors (Lipinski definition) is 3. The summed E-state index contributed by atoms with van der Waals surface area (Å²) in [5, 5.41) is 9.23. The highest BCUT2D eigenvalue weighted by Crippen LogP contribution is 2.11. The molecule has 0 aromatic rings. The molecule has 1 heterocycles. The average molecular weight is 153 g/mol. The van der Waals surface area contributed by atoms with Crippen molar-refractivity contribution in [2.24, 2.45) is 4.99 Å². The summed E-state index contributed by atoms with van der Waals surface area (Å²) in [6.45, 7) is 3.51. The Morgan fingerprint density at radius 3 is 2.91 bits per heavy atom. The monoisotopic (exact) mass is 153 g/mol. The van der Waals surface area contributed by atoms with Gasteiger partial charge in [-0.15, -0.1) is 0 Å². The quantitative estimate of drug-likeness (QED) is 0.602. The second kappa shape index (κ2) is 2.96. The van der Waals surface area contributed by atoms with Crippen molar-refractivity contribution in [3.05, 3.63) is 11.8 Å². The van der Waals surface area contributed by atoms with Crippen LogP contribution in [0, 0.1) is 0 Å². The molecule has 0 aromatic carbocycles. The van der Waals surface area contributed by atoms with E-state index in [1.807, 2.05) is 6.92 Å². The van der Waals surface area contributed by atoms with Crippen LogP contribution in [0.15, 0.2) is 16.8 Å². The zero-order valence-corrected chi connectivity index (χ0v) is 6.66. The van der Waals surface area contributed by atoms with Gasteiger partial charge in [-0.2, -0.15) is 0 Å². The van der Waals surface area contributed by atoms with Gasteiger partial charge in [0.25, 0.3) is 0 Å². The molecule has 0 spiro atoms. The Bertz CT molecular complexity index is 240. The van der Waals surface area contributed by atoms with Gasteiger partial charge in [-0.05, 0) is 13.3 Å². The van der Waals surface area contributed by atoms with Crippen LogP contribution < -0.4 is 0 Å². The van der Waals surface area contributed by atoms with Gasteiger partial charge in [0.2, 0.25) is 0 Å². The lowest BCUT2D eigenvalue weighted by molar-refractivity contribution is -0.120. The number of ketones is 1. The SMILES string of the molecule is CCC1=CN=C(C)C(O)C1=O. The number of aliphatic imine (C=N–C) groups is 1.